The number of nitrogens with zero attached hydrogens (tertiary/aromatic N) is 4. The molecule has 280 valence electrons. The molecule has 0 N–H and O–H groups in total. The van der Waals surface area contributed by atoms with Crippen LogP contribution in [0.3, 0.4) is 0 Å². The predicted molar refractivity (Wildman–Crippen MR) is 238 cm³/mol. The Morgan fingerprint density at radius 2 is 0.707 bits per heavy atom. The maximum atomic E-state index is 13.5. The second kappa shape index (κ2) is 15.6. The molecule has 0 spiro atoms. The van der Waals surface area contributed by atoms with Gasteiger partial charge in [-0.1, -0.05) is 159 Å². The SMILES string of the molecule is CCc1c(-c2ccccc2)cc2nc3ccccc3c(=O)n2c1-c1ccccc1.CCc1c(-c2ccccc2)cc2nc3ccccc3c(=O)n2c1-c1ccccc1. The van der Waals surface area contributed by atoms with Crippen molar-refractivity contribution in [3.63, 3.8) is 0 Å². The molecule has 0 bridgehead atoms. The van der Waals surface area contributed by atoms with Crippen LogP contribution in [-0.4, -0.2) is 18.8 Å². The Kier molecular flexibility index (Phi) is 9.74. The summed E-state index contributed by atoms with van der Waals surface area (Å²) < 4.78 is 3.56. The van der Waals surface area contributed by atoms with Crippen molar-refractivity contribution in [2.45, 2.75) is 26.7 Å². The maximum absolute atomic E-state index is 13.5. The van der Waals surface area contributed by atoms with E-state index >= 15 is 0 Å². The summed E-state index contributed by atoms with van der Waals surface area (Å²) in [6.45, 7) is 4.28. The number of benzene rings is 6. The van der Waals surface area contributed by atoms with Crippen LogP contribution >= 0.6 is 0 Å². The van der Waals surface area contributed by atoms with Gasteiger partial charge in [-0.3, -0.25) is 18.4 Å². The molecule has 6 nitrogen and oxygen atoms in total. The zero-order valence-electron chi connectivity index (χ0n) is 32.3. The van der Waals surface area contributed by atoms with Gasteiger partial charge >= 0.3 is 0 Å². The number of rotatable bonds is 6. The van der Waals surface area contributed by atoms with Crippen LogP contribution in [0.2, 0.25) is 0 Å². The lowest BCUT2D eigenvalue weighted by molar-refractivity contribution is 1.03. The minimum atomic E-state index is -0.0289. The standard InChI is InChI=1S/2C26H20N2O/c2*1-2-20-22(18-11-5-3-6-12-18)17-24-27-23-16-10-9-15-21(23)26(29)28(24)25(20)19-13-7-4-8-14-19/h2*3-17H,2H2,1H3. The molecule has 0 aliphatic heterocycles. The first-order valence-electron chi connectivity index (χ1n) is 19.7. The number of hydrogen-bond donors (Lipinski definition) is 0. The van der Waals surface area contributed by atoms with Crippen LogP contribution in [0.4, 0.5) is 0 Å². The van der Waals surface area contributed by atoms with E-state index in [0.717, 1.165) is 79.8 Å². The van der Waals surface area contributed by atoms with Crippen LogP contribution < -0.4 is 11.1 Å². The highest BCUT2D eigenvalue weighted by Gasteiger charge is 2.20. The van der Waals surface area contributed by atoms with E-state index in [1.165, 1.54) is 0 Å². The van der Waals surface area contributed by atoms with Gasteiger partial charge in [0.25, 0.3) is 11.1 Å². The summed E-state index contributed by atoms with van der Waals surface area (Å²) in [6.07, 6.45) is 1.62. The van der Waals surface area contributed by atoms with E-state index in [1.807, 2.05) is 121 Å². The van der Waals surface area contributed by atoms with E-state index in [0.29, 0.717) is 22.1 Å². The van der Waals surface area contributed by atoms with Gasteiger partial charge in [0, 0.05) is 0 Å². The van der Waals surface area contributed by atoms with E-state index in [9.17, 15) is 9.59 Å². The van der Waals surface area contributed by atoms with Crippen LogP contribution in [-0.2, 0) is 12.8 Å². The predicted octanol–water partition coefficient (Wildman–Crippen LogP) is 11.5. The van der Waals surface area contributed by atoms with Crippen LogP contribution in [0.1, 0.15) is 25.0 Å². The summed E-state index contributed by atoms with van der Waals surface area (Å²) in [5.74, 6) is 0. The van der Waals surface area contributed by atoms with Crippen LogP contribution in [0.25, 0.3) is 77.9 Å². The molecule has 0 amide bonds. The van der Waals surface area contributed by atoms with E-state index < -0.39 is 0 Å². The summed E-state index contributed by atoms with van der Waals surface area (Å²) in [7, 11) is 0. The van der Waals surface area contributed by atoms with E-state index in [-0.39, 0.29) is 11.1 Å². The van der Waals surface area contributed by atoms with Crippen molar-refractivity contribution in [2.75, 3.05) is 0 Å². The normalized spacial score (nSPS) is 11.2. The minimum absolute atomic E-state index is 0.0289. The van der Waals surface area contributed by atoms with Crippen molar-refractivity contribution in [1.82, 2.24) is 18.8 Å². The molecule has 10 rings (SSSR count). The molecule has 0 saturated heterocycles. The van der Waals surface area contributed by atoms with Crippen molar-refractivity contribution in [1.29, 1.82) is 0 Å². The molecule has 6 heteroatoms. The first kappa shape index (κ1) is 36.2. The third-order valence-corrected chi connectivity index (χ3v) is 10.8. The Morgan fingerprint density at radius 1 is 0.397 bits per heavy atom. The average molecular weight is 753 g/mol. The zero-order valence-corrected chi connectivity index (χ0v) is 32.3. The Bertz CT molecular complexity index is 2990. The molecular formula is C52H40N4O2. The molecule has 0 radical (unpaired) electrons. The molecule has 0 aliphatic rings. The van der Waals surface area contributed by atoms with Gasteiger partial charge in [-0.15, -0.1) is 0 Å². The molecule has 10 aromatic rings. The van der Waals surface area contributed by atoms with Crippen LogP contribution in [0.15, 0.2) is 192 Å². The zero-order chi connectivity index (χ0) is 39.6. The van der Waals surface area contributed by atoms with E-state index in [2.05, 4.69) is 74.5 Å². The second-order valence-electron chi connectivity index (χ2n) is 14.2. The van der Waals surface area contributed by atoms with Gasteiger partial charge in [0.2, 0.25) is 0 Å². The van der Waals surface area contributed by atoms with Gasteiger partial charge in [-0.25, -0.2) is 9.97 Å². The van der Waals surface area contributed by atoms with Crippen LogP contribution in [0, 0.1) is 0 Å². The summed E-state index contributed by atoms with van der Waals surface area (Å²) in [6, 6.07) is 60.1. The smallest absolute Gasteiger partial charge is 0.266 e. The lowest BCUT2D eigenvalue weighted by Gasteiger charge is -2.18. The molecular weight excluding hydrogens is 713 g/mol. The number of para-hydroxylation sites is 2. The third-order valence-electron chi connectivity index (χ3n) is 10.8. The lowest BCUT2D eigenvalue weighted by Crippen LogP contribution is -2.19. The fourth-order valence-electron chi connectivity index (χ4n) is 8.15. The van der Waals surface area contributed by atoms with Gasteiger partial charge in [-0.2, -0.15) is 0 Å². The molecule has 0 saturated carbocycles. The number of hydrogen-bond acceptors (Lipinski definition) is 4. The van der Waals surface area contributed by atoms with Gasteiger partial charge in [0.1, 0.15) is 11.3 Å². The molecule has 4 heterocycles. The Labute approximate surface area is 336 Å². The molecule has 0 fully saturated rings. The first-order chi connectivity index (χ1) is 28.6. The average Bonchev–Trinajstić information content (AvgIpc) is 3.29. The lowest BCUT2D eigenvalue weighted by atomic mass is 9.94. The summed E-state index contributed by atoms with van der Waals surface area (Å²) >= 11 is 0. The van der Waals surface area contributed by atoms with Crippen LogP contribution in [0.5, 0.6) is 0 Å². The van der Waals surface area contributed by atoms with E-state index in [1.54, 1.807) is 8.80 Å². The van der Waals surface area contributed by atoms with Gasteiger partial charge < -0.3 is 0 Å². The molecule has 58 heavy (non-hydrogen) atoms. The molecule has 0 aliphatic carbocycles. The highest BCUT2D eigenvalue weighted by molar-refractivity contribution is 5.87. The maximum Gasteiger partial charge on any atom is 0.266 e. The van der Waals surface area contributed by atoms with Gasteiger partial charge in [0.05, 0.1) is 33.2 Å². The molecule has 4 aromatic heterocycles. The van der Waals surface area contributed by atoms with Crippen molar-refractivity contribution in [3.8, 4) is 44.8 Å². The van der Waals surface area contributed by atoms with Crippen molar-refractivity contribution >= 4 is 33.1 Å². The number of pyridine rings is 2. The van der Waals surface area contributed by atoms with Gasteiger partial charge in [0.15, 0.2) is 0 Å². The monoisotopic (exact) mass is 752 g/mol. The van der Waals surface area contributed by atoms with Crippen molar-refractivity contribution in [2.24, 2.45) is 0 Å². The second-order valence-corrected chi connectivity index (χ2v) is 14.2. The highest BCUT2D eigenvalue weighted by atomic mass is 16.1. The Balaban J connectivity index is 0.000000150. The quantitative estimate of drug-likeness (QED) is 0.159. The van der Waals surface area contributed by atoms with Crippen molar-refractivity contribution in [3.05, 3.63) is 214 Å². The summed E-state index contributed by atoms with van der Waals surface area (Å²) in [5.41, 5.74) is 13.4. The molecule has 0 atom stereocenters. The van der Waals surface area contributed by atoms with Crippen molar-refractivity contribution < 1.29 is 0 Å². The third kappa shape index (κ3) is 6.44. The molecule has 6 aromatic carbocycles. The summed E-state index contributed by atoms with van der Waals surface area (Å²) in [5, 5.41) is 1.27. The number of aromatic nitrogens is 4. The fourth-order valence-corrected chi connectivity index (χ4v) is 8.15. The van der Waals surface area contributed by atoms with Gasteiger partial charge in [-0.05, 0) is 93.7 Å². The van der Waals surface area contributed by atoms with E-state index in [4.69, 9.17) is 9.97 Å². The summed E-state index contributed by atoms with van der Waals surface area (Å²) in [4.78, 5) is 36.7. The minimum Gasteiger partial charge on any atom is -0.268 e. The molecule has 0 unspecified atom stereocenters. The highest BCUT2D eigenvalue weighted by Crippen LogP contribution is 2.35. The Hall–Kier alpha value is -7.44. The topological polar surface area (TPSA) is 68.7 Å². The Morgan fingerprint density at radius 3 is 1.05 bits per heavy atom. The first-order valence-corrected chi connectivity index (χ1v) is 19.7. The largest absolute Gasteiger partial charge is 0.268 e. The fraction of sp³-hybridized carbons (Fsp3) is 0.0769. The number of fused-ring (bicyclic) bond motifs is 4.